The second kappa shape index (κ2) is 4.54. The third-order valence-electron chi connectivity index (χ3n) is 4.12. The number of benzene rings is 1. The van der Waals surface area contributed by atoms with Crippen LogP contribution in [0.5, 0.6) is 0 Å². The van der Waals surface area contributed by atoms with Gasteiger partial charge in [0.15, 0.2) is 11.6 Å². The number of fused-ring (bicyclic) bond motifs is 1. The standard InChI is InChI=1S/C14H14F3NO/c15-10-7-12(17)11(16)6-9(10)13-5-4-8-2-1-3-14(19)18(8)13/h6-8,13H,1-5H2/t8-,13-/m0/s1. The van der Waals surface area contributed by atoms with Gasteiger partial charge in [-0.15, -0.1) is 0 Å². The van der Waals surface area contributed by atoms with E-state index in [2.05, 4.69) is 0 Å². The molecule has 2 fully saturated rings. The van der Waals surface area contributed by atoms with Crippen molar-refractivity contribution in [3.63, 3.8) is 0 Å². The average Bonchev–Trinajstić information content (AvgIpc) is 2.79. The first-order valence-corrected chi connectivity index (χ1v) is 6.53. The molecule has 0 unspecified atom stereocenters. The van der Waals surface area contributed by atoms with Gasteiger partial charge < -0.3 is 4.90 Å². The quantitative estimate of drug-likeness (QED) is 0.716. The number of amides is 1. The van der Waals surface area contributed by atoms with E-state index in [0.29, 0.717) is 18.9 Å². The summed E-state index contributed by atoms with van der Waals surface area (Å²) in [7, 11) is 0. The van der Waals surface area contributed by atoms with Gasteiger partial charge in [-0.05, 0) is 31.7 Å². The first-order chi connectivity index (χ1) is 9.08. The van der Waals surface area contributed by atoms with Gasteiger partial charge in [-0.1, -0.05) is 0 Å². The molecule has 0 aliphatic carbocycles. The van der Waals surface area contributed by atoms with Crippen LogP contribution in [0.2, 0.25) is 0 Å². The van der Waals surface area contributed by atoms with Crippen LogP contribution in [0, 0.1) is 17.5 Å². The molecule has 1 aromatic carbocycles. The lowest BCUT2D eigenvalue weighted by Crippen LogP contribution is -2.40. The predicted octanol–water partition coefficient (Wildman–Crippen LogP) is 3.32. The maximum absolute atomic E-state index is 13.8. The molecule has 3 rings (SSSR count). The zero-order valence-corrected chi connectivity index (χ0v) is 10.3. The number of halogens is 3. The Hall–Kier alpha value is -1.52. The van der Waals surface area contributed by atoms with Gasteiger partial charge in [-0.3, -0.25) is 4.79 Å². The van der Waals surface area contributed by atoms with E-state index in [0.717, 1.165) is 25.3 Å². The Morgan fingerprint density at radius 1 is 1.00 bits per heavy atom. The largest absolute Gasteiger partial charge is 0.333 e. The zero-order valence-electron chi connectivity index (χ0n) is 10.3. The van der Waals surface area contributed by atoms with Crippen molar-refractivity contribution in [1.82, 2.24) is 4.90 Å². The molecule has 0 aromatic heterocycles. The van der Waals surface area contributed by atoms with E-state index in [1.807, 2.05) is 0 Å². The minimum absolute atomic E-state index is 0.0112. The fourth-order valence-electron chi connectivity index (χ4n) is 3.26. The summed E-state index contributed by atoms with van der Waals surface area (Å²) in [6, 6.07) is 1.12. The van der Waals surface area contributed by atoms with Crippen LogP contribution in [-0.4, -0.2) is 16.8 Å². The molecule has 0 radical (unpaired) electrons. The number of hydrogen-bond donors (Lipinski definition) is 0. The molecule has 5 heteroatoms. The summed E-state index contributed by atoms with van der Waals surface area (Å²) in [5.41, 5.74) is 0.0941. The molecule has 2 heterocycles. The van der Waals surface area contributed by atoms with Gasteiger partial charge in [0.1, 0.15) is 5.82 Å². The Labute approximate surface area is 109 Å². The highest BCUT2D eigenvalue weighted by atomic mass is 19.2. The molecule has 2 saturated heterocycles. The normalized spacial score (nSPS) is 26.7. The summed E-state index contributed by atoms with van der Waals surface area (Å²) in [6.45, 7) is 0. The third kappa shape index (κ3) is 2.01. The van der Waals surface area contributed by atoms with Crippen LogP contribution in [0.3, 0.4) is 0 Å². The van der Waals surface area contributed by atoms with Crippen molar-refractivity contribution in [2.24, 2.45) is 0 Å². The van der Waals surface area contributed by atoms with E-state index in [4.69, 9.17) is 0 Å². The average molecular weight is 269 g/mol. The van der Waals surface area contributed by atoms with E-state index in [9.17, 15) is 18.0 Å². The summed E-state index contributed by atoms with van der Waals surface area (Å²) in [5, 5.41) is 0. The monoisotopic (exact) mass is 269 g/mol. The Kier molecular flexibility index (Phi) is 2.99. The molecular formula is C14H14F3NO. The molecule has 0 spiro atoms. The minimum atomic E-state index is -1.19. The third-order valence-corrected chi connectivity index (χ3v) is 4.12. The lowest BCUT2D eigenvalue weighted by Gasteiger charge is -2.34. The van der Waals surface area contributed by atoms with Crippen molar-refractivity contribution in [2.75, 3.05) is 0 Å². The molecule has 2 atom stereocenters. The van der Waals surface area contributed by atoms with Gasteiger partial charge in [-0.2, -0.15) is 0 Å². The molecule has 1 amide bonds. The number of rotatable bonds is 1. The zero-order chi connectivity index (χ0) is 13.6. The second-order valence-corrected chi connectivity index (χ2v) is 5.23. The number of hydrogen-bond acceptors (Lipinski definition) is 1. The smallest absolute Gasteiger partial charge is 0.223 e. The highest BCUT2D eigenvalue weighted by Gasteiger charge is 2.40. The minimum Gasteiger partial charge on any atom is -0.333 e. The fraction of sp³-hybridized carbons (Fsp3) is 0.500. The molecule has 0 bridgehead atoms. The molecule has 1 aromatic rings. The van der Waals surface area contributed by atoms with E-state index in [-0.39, 0.29) is 17.5 Å². The van der Waals surface area contributed by atoms with Gasteiger partial charge in [0.25, 0.3) is 0 Å². The van der Waals surface area contributed by atoms with Crippen LogP contribution in [0.4, 0.5) is 13.2 Å². The van der Waals surface area contributed by atoms with Crippen LogP contribution in [0.15, 0.2) is 12.1 Å². The summed E-state index contributed by atoms with van der Waals surface area (Å²) >= 11 is 0. The highest BCUT2D eigenvalue weighted by molar-refractivity contribution is 5.78. The Balaban J connectivity index is 1.98. The van der Waals surface area contributed by atoms with Gasteiger partial charge in [-0.25, -0.2) is 13.2 Å². The van der Waals surface area contributed by atoms with E-state index >= 15 is 0 Å². The lowest BCUT2D eigenvalue weighted by atomic mass is 10.0. The van der Waals surface area contributed by atoms with Crippen LogP contribution < -0.4 is 0 Å². The van der Waals surface area contributed by atoms with Gasteiger partial charge in [0.2, 0.25) is 5.91 Å². The highest BCUT2D eigenvalue weighted by Crippen LogP contribution is 2.41. The molecule has 19 heavy (non-hydrogen) atoms. The summed E-state index contributed by atoms with van der Waals surface area (Å²) in [4.78, 5) is 13.6. The van der Waals surface area contributed by atoms with Gasteiger partial charge in [0.05, 0.1) is 6.04 Å². The first-order valence-electron chi connectivity index (χ1n) is 6.53. The predicted molar refractivity (Wildman–Crippen MR) is 62.8 cm³/mol. The van der Waals surface area contributed by atoms with Crippen LogP contribution in [-0.2, 0) is 4.79 Å². The van der Waals surface area contributed by atoms with Crippen LogP contribution in [0.1, 0.15) is 43.7 Å². The number of piperidine rings is 1. The molecule has 0 saturated carbocycles. The van der Waals surface area contributed by atoms with E-state index in [1.165, 1.54) is 0 Å². The lowest BCUT2D eigenvalue weighted by molar-refractivity contribution is -0.136. The number of nitrogens with zero attached hydrogens (tertiary/aromatic N) is 1. The first kappa shape index (κ1) is 12.5. The maximum Gasteiger partial charge on any atom is 0.223 e. The van der Waals surface area contributed by atoms with Gasteiger partial charge in [0, 0.05) is 24.1 Å². The van der Waals surface area contributed by atoms with Crippen molar-refractivity contribution < 1.29 is 18.0 Å². The second-order valence-electron chi connectivity index (χ2n) is 5.23. The van der Waals surface area contributed by atoms with Crippen molar-refractivity contribution >= 4 is 5.91 Å². The summed E-state index contributed by atoms with van der Waals surface area (Å²) in [5.74, 6) is -3.05. The molecule has 2 aliphatic rings. The molecule has 2 nitrogen and oxygen atoms in total. The Morgan fingerprint density at radius 2 is 1.74 bits per heavy atom. The maximum atomic E-state index is 13.8. The fourth-order valence-corrected chi connectivity index (χ4v) is 3.26. The molecular weight excluding hydrogens is 255 g/mol. The van der Waals surface area contributed by atoms with Gasteiger partial charge >= 0.3 is 0 Å². The topological polar surface area (TPSA) is 20.3 Å². The van der Waals surface area contributed by atoms with Crippen LogP contribution >= 0.6 is 0 Å². The van der Waals surface area contributed by atoms with Crippen molar-refractivity contribution in [1.29, 1.82) is 0 Å². The molecule has 0 N–H and O–H groups in total. The number of carbonyl (C=O) groups excluding carboxylic acids is 1. The Bertz CT molecular complexity index is 532. The van der Waals surface area contributed by atoms with E-state index in [1.54, 1.807) is 4.90 Å². The molecule has 2 aliphatic heterocycles. The summed E-state index contributed by atoms with van der Waals surface area (Å²) < 4.78 is 40.1. The SMILES string of the molecule is O=C1CCC[C@H]2CC[C@@H](c3cc(F)c(F)cc3F)N12. The van der Waals surface area contributed by atoms with Crippen molar-refractivity contribution in [3.8, 4) is 0 Å². The Morgan fingerprint density at radius 3 is 2.53 bits per heavy atom. The van der Waals surface area contributed by atoms with E-state index < -0.39 is 23.5 Å². The molecule has 102 valence electrons. The number of carbonyl (C=O) groups is 1. The van der Waals surface area contributed by atoms with Crippen LogP contribution in [0.25, 0.3) is 0 Å². The van der Waals surface area contributed by atoms with Crippen molar-refractivity contribution in [2.45, 2.75) is 44.2 Å². The summed E-state index contributed by atoms with van der Waals surface area (Å²) in [6.07, 6.45) is 3.63. The van der Waals surface area contributed by atoms with Crippen molar-refractivity contribution in [3.05, 3.63) is 35.1 Å².